The molecule has 23 heavy (non-hydrogen) atoms. The molecule has 0 heterocycles. The monoisotopic (exact) mass is 377 g/mol. The molecule has 0 fully saturated rings. The van der Waals surface area contributed by atoms with Crippen LogP contribution in [-0.2, 0) is 4.79 Å². The van der Waals surface area contributed by atoms with E-state index in [4.69, 9.17) is 9.47 Å². The summed E-state index contributed by atoms with van der Waals surface area (Å²) < 4.78 is 12.1. The van der Waals surface area contributed by atoms with E-state index in [-0.39, 0.29) is 5.91 Å². The van der Waals surface area contributed by atoms with E-state index in [1.807, 2.05) is 54.6 Å². The highest BCUT2D eigenvalue weighted by Crippen LogP contribution is 2.16. The first-order valence-electron chi connectivity index (χ1n) is 7.45. The lowest BCUT2D eigenvalue weighted by Gasteiger charge is -2.17. The Bertz CT molecular complexity index is 601. The van der Waals surface area contributed by atoms with Crippen LogP contribution >= 0.6 is 15.9 Å². The molecule has 0 saturated carbocycles. The molecule has 0 aliphatic carbocycles. The third kappa shape index (κ3) is 6.32. The van der Waals surface area contributed by atoms with Crippen LogP contribution in [0.2, 0.25) is 0 Å². The minimum Gasteiger partial charge on any atom is -0.493 e. The molecule has 2 aromatic rings. The number of hydrogen-bond acceptors (Lipinski definition) is 3. The highest BCUT2D eigenvalue weighted by molar-refractivity contribution is 9.10. The molecule has 122 valence electrons. The summed E-state index contributed by atoms with van der Waals surface area (Å²) in [4.78, 5) is 13.7. The summed E-state index contributed by atoms with van der Waals surface area (Å²) >= 11 is 3.38. The van der Waals surface area contributed by atoms with Crippen LogP contribution < -0.4 is 9.47 Å². The van der Waals surface area contributed by atoms with Gasteiger partial charge in [0.1, 0.15) is 18.1 Å². The van der Waals surface area contributed by atoms with Gasteiger partial charge in [-0.25, -0.2) is 0 Å². The van der Waals surface area contributed by atoms with Gasteiger partial charge in [0.25, 0.3) is 0 Å². The number of amides is 1. The molecule has 0 aliphatic heterocycles. The molecule has 0 unspecified atom stereocenters. The van der Waals surface area contributed by atoms with Crippen LogP contribution in [0, 0.1) is 0 Å². The van der Waals surface area contributed by atoms with Crippen molar-refractivity contribution < 1.29 is 14.3 Å². The minimum absolute atomic E-state index is 0.0420. The maximum Gasteiger partial charge on any atom is 0.225 e. The van der Waals surface area contributed by atoms with Gasteiger partial charge in [-0.05, 0) is 36.4 Å². The highest BCUT2D eigenvalue weighted by atomic mass is 79.9. The number of rotatable bonds is 8. The van der Waals surface area contributed by atoms with Crippen LogP contribution in [0.1, 0.15) is 6.42 Å². The number of nitrogens with zero attached hydrogens (tertiary/aromatic N) is 1. The van der Waals surface area contributed by atoms with Crippen molar-refractivity contribution in [3.8, 4) is 11.5 Å². The number of likely N-dealkylation sites (N-methyl/N-ethyl adjacent to an activating group) is 1. The molecule has 0 spiro atoms. The Kier molecular flexibility index (Phi) is 6.94. The summed E-state index contributed by atoms with van der Waals surface area (Å²) in [5, 5.41) is 0. The summed E-state index contributed by atoms with van der Waals surface area (Å²) in [7, 11) is 1.77. The van der Waals surface area contributed by atoms with Crippen molar-refractivity contribution in [1.82, 2.24) is 4.90 Å². The second kappa shape index (κ2) is 9.20. The average Bonchev–Trinajstić information content (AvgIpc) is 2.57. The topological polar surface area (TPSA) is 38.8 Å². The summed E-state index contributed by atoms with van der Waals surface area (Å²) in [6, 6.07) is 17.1. The molecule has 2 rings (SSSR count). The fourth-order valence-corrected chi connectivity index (χ4v) is 2.18. The molecule has 0 saturated heterocycles. The first-order chi connectivity index (χ1) is 11.1. The fourth-order valence-electron chi connectivity index (χ4n) is 1.92. The second-order valence-corrected chi connectivity index (χ2v) is 5.94. The third-order valence-corrected chi connectivity index (χ3v) is 3.79. The molecule has 0 aliphatic rings. The van der Waals surface area contributed by atoms with E-state index in [2.05, 4.69) is 15.9 Å². The second-order valence-electron chi connectivity index (χ2n) is 5.03. The van der Waals surface area contributed by atoms with E-state index in [0.717, 1.165) is 16.0 Å². The largest absolute Gasteiger partial charge is 0.493 e. The van der Waals surface area contributed by atoms with Crippen molar-refractivity contribution in [2.45, 2.75) is 6.42 Å². The molecule has 0 aromatic heterocycles. The fraction of sp³-hybridized carbons (Fsp3) is 0.278. The van der Waals surface area contributed by atoms with Gasteiger partial charge >= 0.3 is 0 Å². The van der Waals surface area contributed by atoms with Crippen molar-refractivity contribution in [3.63, 3.8) is 0 Å². The molecule has 0 atom stereocenters. The SMILES string of the molecule is CN(CCOc1ccc(Br)cc1)C(=O)CCOc1ccccc1. The van der Waals surface area contributed by atoms with Crippen LogP contribution in [-0.4, -0.2) is 37.6 Å². The predicted molar refractivity (Wildman–Crippen MR) is 93.8 cm³/mol. The lowest BCUT2D eigenvalue weighted by Crippen LogP contribution is -2.31. The van der Waals surface area contributed by atoms with Gasteiger partial charge in [0.15, 0.2) is 0 Å². The molecule has 1 amide bonds. The van der Waals surface area contributed by atoms with Gasteiger partial charge in [-0.15, -0.1) is 0 Å². The van der Waals surface area contributed by atoms with Crippen LogP contribution in [0.4, 0.5) is 0 Å². The van der Waals surface area contributed by atoms with E-state index in [9.17, 15) is 4.79 Å². The van der Waals surface area contributed by atoms with Crippen LogP contribution in [0.3, 0.4) is 0 Å². The highest BCUT2D eigenvalue weighted by Gasteiger charge is 2.09. The molecule has 0 bridgehead atoms. The quantitative estimate of drug-likeness (QED) is 0.702. The number of hydrogen-bond donors (Lipinski definition) is 0. The van der Waals surface area contributed by atoms with Gasteiger partial charge in [0.05, 0.1) is 19.6 Å². The first-order valence-corrected chi connectivity index (χ1v) is 8.24. The lowest BCUT2D eigenvalue weighted by atomic mass is 10.3. The van der Waals surface area contributed by atoms with E-state index in [1.54, 1.807) is 11.9 Å². The average molecular weight is 378 g/mol. The van der Waals surface area contributed by atoms with Crippen molar-refractivity contribution in [2.75, 3.05) is 26.8 Å². The van der Waals surface area contributed by atoms with E-state index in [0.29, 0.717) is 26.2 Å². The summed E-state index contributed by atoms with van der Waals surface area (Å²) in [5.74, 6) is 1.61. The predicted octanol–water partition coefficient (Wildman–Crippen LogP) is 3.76. The van der Waals surface area contributed by atoms with E-state index >= 15 is 0 Å². The van der Waals surface area contributed by atoms with Gasteiger partial charge in [0, 0.05) is 11.5 Å². The molecular weight excluding hydrogens is 358 g/mol. The Morgan fingerprint density at radius 2 is 1.57 bits per heavy atom. The van der Waals surface area contributed by atoms with Crippen molar-refractivity contribution >= 4 is 21.8 Å². The Hall–Kier alpha value is -2.01. The standard InChI is InChI=1S/C18H20BrNO3/c1-20(12-14-23-17-9-7-15(19)8-10-17)18(21)11-13-22-16-5-3-2-4-6-16/h2-10H,11-14H2,1H3. The Balaban J connectivity index is 1.63. The maximum absolute atomic E-state index is 12.0. The van der Waals surface area contributed by atoms with Crippen molar-refractivity contribution in [2.24, 2.45) is 0 Å². The van der Waals surface area contributed by atoms with Crippen LogP contribution in [0.25, 0.3) is 0 Å². The molecule has 0 radical (unpaired) electrons. The Morgan fingerprint density at radius 1 is 0.957 bits per heavy atom. The van der Waals surface area contributed by atoms with Crippen LogP contribution in [0.5, 0.6) is 11.5 Å². The van der Waals surface area contributed by atoms with Crippen LogP contribution in [0.15, 0.2) is 59.1 Å². The number of para-hydroxylation sites is 1. The summed E-state index contributed by atoms with van der Waals surface area (Å²) in [6.07, 6.45) is 0.351. The Labute approximate surface area is 145 Å². The van der Waals surface area contributed by atoms with Gasteiger partial charge in [-0.1, -0.05) is 34.1 Å². The van der Waals surface area contributed by atoms with E-state index in [1.165, 1.54) is 0 Å². The van der Waals surface area contributed by atoms with E-state index < -0.39 is 0 Å². The number of benzene rings is 2. The molecule has 5 heteroatoms. The number of ether oxygens (including phenoxy) is 2. The smallest absolute Gasteiger partial charge is 0.225 e. The zero-order valence-corrected chi connectivity index (χ0v) is 14.7. The normalized spacial score (nSPS) is 10.2. The third-order valence-electron chi connectivity index (χ3n) is 3.26. The molecular formula is C18H20BrNO3. The van der Waals surface area contributed by atoms with Gasteiger partial charge in [0.2, 0.25) is 5.91 Å². The molecule has 4 nitrogen and oxygen atoms in total. The minimum atomic E-state index is 0.0420. The Morgan fingerprint density at radius 3 is 2.26 bits per heavy atom. The summed E-state index contributed by atoms with van der Waals surface area (Å²) in [5.41, 5.74) is 0. The molecule has 0 N–H and O–H groups in total. The lowest BCUT2D eigenvalue weighted by molar-refractivity contribution is -0.130. The van der Waals surface area contributed by atoms with Crippen molar-refractivity contribution in [3.05, 3.63) is 59.1 Å². The first kappa shape index (κ1) is 17.3. The maximum atomic E-state index is 12.0. The van der Waals surface area contributed by atoms with Gasteiger partial charge < -0.3 is 14.4 Å². The van der Waals surface area contributed by atoms with Gasteiger partial charge in [-0.2, -0.15) is 0 Å². The summed E-state index contributed by atoms with van der Waals surface area (Å²) in [6.45, 7) is 1.38. The zero-order valence-electron chi connectivity index (χ0n) is 13.1. The van der Waals surface area contributed by atoms with Gasteiger partial charge in [-0.3, -0.25) is 4.79 Å². The molecule has 2 aromatic carbocycles. The van der Waals surface area contributed by atoms with Crippen molar-refractivity contribution in [1.29, 1.82) is 0 Å². The number of carbonyl (C=O) groups is 1. The zero-order chi connectivity index (χ0) is 16.5. The number of halogens is 1. The number of carbonyl (C=O) groups excluding carboxylic acids is 1.